The Morgan fingerprint density at radius 3 is 2.64 bits per heavy atom. The topological polar surface area (TPSA) is 68.1 Å². The standard InChI is InChI=1S/C18H24N4O2S/c1-2-6-17-19-20-18-11-15-9-10-16(12-21(17)18)22(15)25(23,24)13-14-7-4-3-5-8-14/h3-5,7-8,15-16H,2,6,9-13H2,1H3/t15-,16+/m0/s1. The van der Waals surface area contributed by atoms with Gasteiger partial charge in [0.05, 0.1) is 5.75 Å². The second kappa shape index (κ2) is 6.53. The van der Waals surface area contributed by atoms with E-state index in [1.807, 2.05) is 30.3 Å². The quantitative estimate of drug-likeness (QED) is 0.819. The molecular weight excluding hydrogens is 336 g/mol. The van der Waals surface area contributed by atoms with Gasteiger partial charge in [-0.1, -0.05) is 37.3 Å². The molecule has 25 heavy (non-hydrogen) atoms. The van der Waals surface area contributed by atoms with Crippen LogP contribution < -0.4 is 0 Å². The van der Waals surface area contributed by atoms with Crippen molar-refractivity contribution in [2.45, 2.75) is 63.4 Å². The molecule has 2 aliphatic heterocycles. The van der Waals surface area contributed by atoms with Crippen LogP contribution in [-0.2, 0) is 35.2 Å². The maximum Gasteiger partial charge on any atom is 0.218 e. The van der Waals surface area contributed by atoms with E-state index in [0.717, 1.165) is 42.9 Å². The van der Waals surface area contributed by atoms with Crippen LogP contribution in [0.3, 0.4) is 0 Å². The van der Waals surface area contributed by atoms with Gasteiger partial charge < -0.3 is 4.57 Å². The number of fused-ring (bicyclic) bond motifs is 3. The molecule has 0 unspecified atom stereocenters. The van der Waals surface area contributed by atoms with Crippen molar-refractivity contribution in [2.24, 2.45) is 0 Å². The minimum absolute atomic E-state index is 0.0126. The molecule has 0 N–H and O–H groups in total. The van der Waals surface area contributed by atoms with Gasteiger partial charge in [0.2, 0.25) is 10.0 Å². The third-order valence-electron chi connectivity index (χ3n) is 5.26. The zero-order chi connectivity index (χ0) is 17.4. The van der Waals surface area contributed by atoms with E-state index in [1.54, 1.807) is 4.31 Å². The van der Waals surface area contributed by atoms with E-state index in [1.165, 1.54) is 0 Å². The number of rotatable bonds is 5. The molecule has 2 atom stereocenters. The maximum atomic E-state index is 13.1. The fourth-order valence-electron chi connectivity index (χ4n) is 4.18. The predicted molar refractivity (Wildman–Crippen MR) is 95.4 cm³/mol. The lowest BCUT2D eigenvalue weighted by Gasteiger charge is -2.27. The summed E-state index contributed by atoms with van der Waals surface area (Å²) in [5.74, 6) is 2.00. The average Bonchev–Trinajstić information content (AvgIpc) is 3.09. The van der Waals surface area contributed by atoms with Crippen molar-refractivity contribution in [3.63, 3.8) is 0 Å². The molecule has 0 amide bonds. The zero-order valence-corrected chi connectivity index (χ0v) is 15.3. The summed E-state index contributed by atoms with van der Waals surface area (Å²) in [7, 11) is -3.34. The number of sulfonamides is 1. The van der Waals surface area contributed by atoms with Crippen LogP contribution in [0.2, 0.25) is 0 Å². The largest absolute Gasteiger partial charge is 0.313 e. The Morgan fingerprint density at radius 2 is 1.88 bits per heavy atom. The summed E-state index contributed by atoms with van der Waals surface area (Å²) >= 11 is 0. The lowest BCUT2D eigenvalue weighted by molar-refractivity contribution is 0.313. The minimum Gasteiger partial charge on any atom is -0.313 e. The Hall–Kier alpha value is -1.73. The molecule has 3 heterocycles. The van der Waals surface area contributed by atoms with Gasteiger partial charge in [0, 0.05) is 31.5 Å². The molecule has 1 aromatic heterocycles. The van der Waals surface area contributed by atoms with Gasteiger partial charge in [-0.05, 0) is 24.8 Å². The van der Waals surface area contributed by atoms with Crippen molar-refractivity contribution in [1.29, 1.82) is 0 Å². The highest BCUT2D eigenvalue weighted by atomic mass is 32.2. The molecule has 4 rings (SSSR count). The summed E-state index contributed by atoms with van der Waals surface area (Å²) in [5, 5.41) is 8.67. The second-order valence-electron chi connectivity index (χ2n) is 7.05. The van der Waals surface area contributed by atoms with Crippen LogP contribution in [-0.4, -0.2) is 39.6 Å². The summed E-state index contributed by atoms with van der Waals surface area (Å²) in [6.45, 7) is 2.81. The number of hydrogen-bond acceptors (Lipinski definition) is 4. The summed E-state index contributed by atoms with van der Waals surface area (Å²) in [6, 6.07) is 9.48. The number of aryl methyl sites for hydroxylation is 1. The molecule has 1 fully saturated rings. The van der Waals surface area contributed by atoms with E-state index in [2.05, 4.69) is 21.7 Å². The van der Waals surface area contributed by atoms with E-state index in [4.69, 9.17) is 0 Å². The molecular formula is C18H24N4O2S. The van der Waals surface area contributed by atoms with E-state index in [9.17, 15) is 8.42 Å². The van der Waals surface area contributed by atoms with Gasteiger partial charge in [-0.15, -0.1) is 10.2 Å². The highest BCUT2D eigenvalue weighted by molar-refractivity contribution is 7.88. The van der Waals surface area contributed by atoms with E-state index in [0.29, 0.717) is 13.0 Å². The molecule has 6 nitrogen and oxygen atoms in total. The first-order valence-electron chi connectivity index (χ1n) is 9.04. The predicted octanol–water partition coefficient (Wildman–Crippen LogP) is 2.15. The highest BCUT2D eigenvalue weighted by Crippen LogP contribution is 2.35. The fraction of sp³-hybridized carbons (Fsp3) is 0.556. The Morgan fingerprint density at radius 1 is 1.12 bits per heavy atom. The Kier molecular flexibility index (Phi) is 4.37. The molecule has 2 aliphatic rings. The number of aromatic nitrogens is 3. The lowest BCUT2D eigenvalue weighted by atomic mass is 10.1. The molecule has 0 radical (unpaired) electrons. The van der Waals surface area contributed by atoms with Crippen molar-refractivity contribution < 1.29 is 8.42 Å². The van der Waals surface area contributed by atoms with E-state index in [-0.39, 0.29) is 17.8 Å². The van der Waals surface area contributed by atoms with Crippen LogP contribution in [0, 0.1) is 0 Å². The van der Waals surface area contributed by atoms with Crippen LogP contribution in [0.5, 0.6) is 0 Å². The Labute approximate surface area is 148 Å². The zero-order valence-electron chi connectivity index (χ0n) is 14.5. The van der Waals surface area contributed by atoms with Gasteiger partial charge in [-0.2, -0.15) is 4.31 Å². The molecule has 1 aromatic carbocycles. The first-order chi connectivity index (χ1) is 12.1. The van der Waals surface area contributed by atoms with Crippen molar-refractivity contribution in [1.82, 2.24) is 19.1 Å². The monoisotopic (exact) mass is 360 g/mol. The van der Waals surface area contributed by atoms with Crippen molar-refractivity contribution in [3.05, 3.63) is 47.5 Å². The van der Waals surface area contributed by atoms with Crippen molar-refractivity contribution in [2.75, 3.05) is 0 Å². The molecule has 134 valence electrons. The summed E-state index contributed by atoms with van der Waals surface area (Å²) in [4.78, 5) is 0. The Balaban J connectivity index is 1.62. The van der Waals surface area contributed by atoms with Gasteiger partial charge in [0.25, 0.3) is 0 Å². The third-order valence-corrected chi connectivity index (χ3v) is 7.19. The van der Waals surface area contributed by atoms with Crippen LogP contribution in [0.1, 0.15) is 43.4 Å². The van der Waals surface area contributed by atoms with Crippen LogP contribution >= 0.6 is 0 Å². The molecule has 0 spiro atoms. The van der Waals surface area contributed by atoms with Crippen LogP contribution in [0.15, 0.2) is 30.3 Å². The third kappa shape index (κ3) is 3.11. The van der Waals surface area contributed by atoms with Crippen molar-refractivity contribution >= 4 is 10.0 Å². The minimum atomic E-state index is -3.34. The van der Waals surface area contributed by atoms with Crippen LogP contribution in [0.25, 0.3) is 0 Å². The molecule has 0 aliphatic carbocycles. The SMILES string of the molecule is CCCc1nnc2n1C[C@H]1CC[C@@H](C2)N1S(=O)(=O)Cc1ccccc1. The van der Waals surface area contributed by atoms with E-state index < -0.39 is 10.0 Å². The van der Waals surface area contributed by atoms with Gasteiger partial charge in [0.1, 0.15) is 11.6 Å². The first-order valence-corrected chi connectivity index (χ1v) is 10.7. The normalized spacial score (nSPS) is 23.4. The highest BCUT2D eigenvalue weighted by Gasteiger charge is 2.44. The lowest BCUT2D eigenvalue weighted by Crippen LogP contribution is -2.42. The summed E-state index contributed by atoms with van der Waals surface area (Å²) in [5.41, 5.74) is 0.845. The molecule has 2 aromatic rings. The number of hydrogen-bond donors (Lipinski definition) is 0. The van der Waals surface area contributed by atoms with Gasteiger partial charge in [-0.3, -0.25) is 0 Å². The smallest absolute Gasteiger partial charge is 0.218 e. The van der Waals surface area contributed by atoms with Gasteiger partial charge >= 0.3 is 0 Å². The molecule has 1 saturated heterocycles. The van der Waals surface area contributed by atoms with Crippen molar-refractivity contribution in [3.8, 4) is 0 Å². The Bertz CT molecular complexity index is 847. The molecule has 2 bridgehead atoms. The fourth-order valence-corrected chi connectivity index (χ4v) is 6.20. The van der Waals surface area contributed by atoms with Gasteiger partial charge in [0.15, 0.2) is 0 Å². The second-order valence-corrected chi connectivity index (χ2v) is 8.93. The van der Waals surface area contributed by atoms with Gasteiger partial charge in [-0.25, -0.2) is 8.42 Å². The van der Waals surface area contributed by atoms with E-state index >= 15 is 0 Å². The average molecular weight is 360 g/mol. The van der Waals surface area contributed by atoms with Crippen LogP contribution in [0.4, 0.5) is 0 Å². The molecule has 7 heteroatoms. The summed E-state index contributed by atoms with van der Waals surface area (Å²) in [6.07, 6.45) is 4.40. The molecule has 0 saturated carbocycles. The number of benzene rings is 1. The number of nitrogens with zero attached hydrogens (tertiary/aromatic N) is 4. The maximum absolute atomic E-state index is 13.1. The summed E-state index contributed by atoms with van der Waals surface area (Å²) < 4.78 is 30.2. The first kappa shape index (κ1) is 16.7.